The van der Waals surface area contributed by atoms with Crippen LogP contribution in [0.5, 0.6) is 5.75 Å². The van der Waals surface area contributed by atoms with Gasteiger partial charge in [0.25, 0.3) is 0 Å². The molecular weight excluding hydrogens is 460 g/mol. The molecule has 5 rings (SSSR count). The fourth-order valence-electron chi connectivity index (χ4n) is 4.87. The molecule has 2 fully saturated rings. The van der Waals surface area contributed by atoms with Gasteiger partial charge in [0.05, 0.1) is 29.9 Å². The highest BCUT2D eigenvalue weighted by Crippen LogP contribution is 2.42. The van der Waals surface area contributed by atoms with Crippen molar-refractivity contribution < 1.29 is 9.84 Å². The lowest BCUT2D eigenvalue weighted by Crippen LogP contribution is -2.34. The van der Waals surface area contributed by atoms with Crippen molar-refractivity contribution >= 4 is 34.0 Å². The van der Waals surface area contributed by atoms with Crippen molar-refractivity contribution in [2.24, 2.45) is 0 Å². The maximum absolute atomic E-state index is 9.39. The molecule has 2 heterocycles. The van der Waals surface area contributed by atoms with Gasteiger partial charge in [-0.2, -0.15) is 0 Å². The van der Waals surface area contributed by atoms with Gasteiger partial charge < -0.3 is 19.6 Å². The number of methoxy groups -OCH3 is 1. The van der Waals surface area contributed by atoms with Crippen LogP contribution in [0.25, 0.3) is 10.9 Å². The van der Waals surface area contributed by atoms with Gasteiger partial charge in [-0.05, 0) is 55.4 Å². The minimum atomic E-state index is 0.0747. The summed E-state index contributed by atoms with van der Waals surface area (Å²) >= 11 is 6.63. The summed E-state index contributed by atoms with van der Waals surface area (Å²) in [5.74, 6) is 3.88. The highest BCUT2D eigenvalue weighted by Gasteiger charge is 2.30. The zero-order chi connectivity index (χ0) is 24.9. The molecule has 0 spiro atoms. The Kier molecular flexibility index (Phi) is 8.34. The van der Waals surface area contributed by atoms with Crippen molar-refractivity contribution in [3.8, 4) is 5.75 Å². The molecule has 2 aromatic carbocycles. The number of hydrogen-bond acceptors (Lipinski definition) is 6. The number of para-hydroxylation sites is 1. The predicted octanol–water partition coefficient (Wildman–Crippen LogP) is 6.01. The van der Waals surface area contributed by atoms with Crippen molar-refractivity contribution in [3.05, 3.63) is 52.8 Å². The van der Waals surface area contributed by atoms with E-state index in [0.29, 0.717) is 23.4 Å². The highest BCUT2D eigenvalue weighted by atomic mass is 35.5. The standard InChI is InChI=1S/C26H31ClN4O2.C2H6/c1-30(13-14-32)23-15-20-22(16-21(23)27)28-25(18-7-8-18)29-26(20)31-11-9-17(10-12-31)19-5-3-4-6-24(19)33-2;1-2/h3-6,15-18,32H,7-14H2,1-2H3;1-2H3. The molecule has 1 saturated carbocycles. The average molecular weight is 497 g/mol. The third-order valence-electron chi connectivity index (χ3n) is 6.92. The maximum atomic E-state index is 9.39. The first-order chi connectivity index (χ1) is 17.1. The fourth-order valence-corrected chi connectivity index (χ4v) is 5.18. The number of nitrogens with zero attached hydrogens (tertiary/aromatic N) is 4. The highest BCUT2D eigenvalue weighted by molar-refractivity contribution is 6.34. The second-order valence-corrected chi connectivity index (χ2v) is 9.56. The molecule has 1 aliphatic heterocycles. The minimum Gasteiger partial charge on any atom is -0.496 e. The Morgan fingerprint density at radius 1 is 1.06 bits per heavy atom. The maximum Gasteiger partial charge on any atom is 0.140 e. The van der Waals surface area contributed by atoms with Crippen LogP contribution in [0.4, 0.5) is 11.5 Å². The third kappa shape index (κ3) is 5.49. The van der Waals surface area contributed by atoms with Gasteiger partial charge in [-0.25, -0.2) is 9.97 Å². The van der Waals surface area contributed by atoms with Gasteiger partial charge in [0, 0.05) is 38.0 Å². The number of anilines is 2. The Morgan fingerprint density at radius 3 is 2.43 bits per heavy atom. The van der Waals surface area contributed by atoms with Crippen molar-refractivity contribution in [2.75, 3.05) is 50.2 Å². The Balaban J connectivity index is 0.00000141. The Bertz CT molecular complexity index is 1140. The summed E-state index contributed by atoms with van der Waals surface area (Å²) in [4.78, 5) is 14.3. The first kappa shape index (κ1) is 25.5. The van der Waals surface area contributed by atoms with E-state index in [1.54, 1.807) is 7.11 Å². The molecule has 2 aliphatic rings. The molecular formula is C28H37ClN4O2. The van der Waals surface area contributed by atoms with Gasteiger partial charge in [0.2, 0.25) is 0 Å². The smallest absolute Gasteiger partial charge is 0.140 e. The number of piperidine rings is 1. The van der Waals surface area contributed by atoms with E-state index < -0.39 is 0 Å². The van der Waals surface area contributed by atoms with Crippen LogP contribution in [-0.2, 0) is 0 Å². The van der Waals surface area contributed by atoms with Crippen molar-refractivity contribution in [1.82, 2.24) is 9.97 Å². The number of likely N-dealkylation sites (N-methyl/N-ethyl adjacent to an activating group) is 1. The first-order valence-corrected chi connectivity index (χ1v) is 13.2. The monoisotopic (exact) mass is 496 g/mol. The molecule has 35 heavy (non-hydrogen) atoms. The summed E-state index contributed by atoms with van der Waals surface area (Å²) in [5, 5.41) is 11.1. The van der Waals surface area contributed by atoms with Crippen LogP contribution < -0.4 is 14.5 Å². The molecule has 0 amide bonds. The summed E-state index contributed by atoms with van der Waals surface area (Å²) in [5.41, 5.74) is 3.09. The minimum absolute atomic E-state index is 0.0747. The Morgan fingerprint density at radius 2 is 1.77 bits per heavy atom. The molecule has 1 saturated heterocycles. The predicted molar refractivity (Wildman–Crippen MR) is 145 cm³/mol. The van der Waals surface area contributed by atoms with Crippen molar-refractivity contribution in [3.63, 3.8) is 0 Å². The van der Waals surface area contributed by atoms with E-state index in [1.807, 2.05) is 37.9 Å². The van der Waals surface area contributed by atoms with Crippen LogP contribution in [-0.4, -0.2) is 55.5 Å². The lowest BCUT2D eigenvalue weighted by molar-refractivity contribution is 0.304. The van der Waals surface area contributed by atoms with Crippen LogP contribution in [0.2, 0.25) is 5.02 Å². The summed E-state index contributed by atoms with van der Waals surface area (Å²) < 4.78 is 5.61. The molecule has 1 aromatic heterocycles. The second kappa shape index (κ2) is 11.4. The number of hydrogen-bond donors (Lipinski definition) is 1. The summed E-state index contributed by atoms with van der Waals surface area (Å²) in [6.07, 6.45) is 4.42. The Hall–Kier alpha value is -2.57. The summed E-state index contributed by atoms with van der Waals surface area (Å²) in [6.45, 7) is 6.46. The van der Waals surface area contributed by atoms with Gasteiger partial charge in [-0.3, -0.25) is 0 Å². The largest absolute Gasteiger partial charge is 0.496 e. The van der Waals surface area contributed by atoms with Gasteiger partial charge in [-0.1, -0.05) is 43.6 Å². The van der Waals surface area contributed by atoms with Crippen LogP contribution in [0, 0.1) is 0 Å². The number of benzene rings is 2. The summed E-state index contributed by atoms with van der Waals surface area (Å²) in [7, 11) is 3.69. The van der Waals surface area contributed by atoms with Gasteiger partial charge in [0.15, 0.2) is 0 Å². The Labute approximate surface area is 213 Å². The number of fused-ring (bicyclic) bond motifs is 1. The molecule has 7 heteroatoms. The number of aromatic nitrogens is 2. The quantitative estimate of drug-likeness (QED) is 0.432. The second-order valence-electron chi connectivity index (χ2n) is 9.15. The molecule has 1 aliphatic carbocycles. The van der Waals surface area contributed by atoms with E-state index in [0.717, 1.165) is 72.8 Å². The third-order valence-corrected chi connectivity index (χ3v) is 7.23. The van der Waals surface area contributed by atoms with E-state index in [9.17, 15) is 5.11 Å². The van der Waals surface area contributed by atoms with Crippen molar-refractivity contribution in [2.45, 2.75) is 51.4 Å². The molecule has 0 radical (unpaired) electrons. The SMILES string of the molecule is CC.COc1ccccc1C1CCN(c2nc(C3CC3)nc3cc(Cl)c(N(C)CCO)cc23)CC1. The van der Waals surface area contributed by atoms with Crippen LogP contribution in [0.1, 0.15) is 62.8 Å². The zero-order valence-electron chi connectivity index (χ0n) is 21.3. The van der Waals surface area contributed by atoms with Crippen LogP contribution >= 0.6 is 11.6 Å². The topological polar surface area (TPSA) is 61.7 Å². The number of halogens is 1. The lowest BCUT2D eigenvalue weighted by Gasteiger charge is -2.34. The number of aliphatic hydroxyl groups is 1. The summed E-state index contributed by atoms with van der Waals surface area (Å²) in [6, 6.07) is 12.4. The lowest BCUT2D eigenvalue weighted by atomic mass is 9.88. The number of rotatable bonds is 7. The molecule has 0 bridgehead atoms. The molecule has 188 valence electrons. The normalized spacial score (nSPS) is 16.1. The molecule has 1 N–H and O–H groups in total. The molecule has 0 unspecified atom stereocenters. The molecule has 3 aromatic rings. The number of ether oxygens (including phenoxy) is 1. The first-order valence-electron chi connectivity index (χ1n) is 12.8. The number of aliphatic hydroxyl groups excluding tert-OH is 1. The van der Waals surface area contributed by atoms with Crippen LogP contribution in [0.3, 0.4) is 0 Å². The van der Waals surface area contributed by atoms with Gasteiger partial charge in [-0.15, -0.1) is 0 Å². The fraction of sp³-hybridized carbons (Fsp3) is 0.500. The molecule has 6 nitrogen and oxygen atoms in total. The van der Waals surface area contributed by atoms with E-state index in [4.69, 9.17) is 26.3 Å². The average Bonchev–Trinajstić information content (AvgIpc) is 3.75. The molecule has 0 atom stereocenters. The van der Waals surface area contributed by atoms with E-state index >= 15 is 0 Å². The van der Waals surface area contributed by atoms with E-state index in [-0.39, 0.29) is 6.61 Å². The van der Waals surface area contributed by atoms with E-state index in [1.165, 1.54) is 5.56 Å². The van der Waals surface area contributed by atoms with Crippen molar-refractivity contribution in [1.29, 1.82) is 0 Å². The van der Waals surface area contributed by atoms with Gasteiger partial charge in [0.1, 0.15) is 17.4 Å². The van der Waals surface area contributed by atoms with Crippen LogP contribution in [0.15, 0.2) is 36.4 Å². The van der Waals surface area contributed by atoms with E-state index in [2.05, 4.69) is 29.2 Å². The van der Waals surface area contributed by atoms with Gasteiger partial charge >= 0.3 is 0 Å². The zero-order valence-corrected chi connectivity index (χ0v) is 22.1.